The molecule has 1 atom stereocenters. The van der Waals surface area contributed by atoms with Gasteiger partial charge in [-0.15, -0.1) is 6.42 Å². The van der Waals surface area contributed by atoms with Crippen molar-refractivity contribution in [1.29, 1.82) is 0 Å². The Bertz CT molecular complexity index is 828. The van der Waals surface area contributed by atoms with Gasteiger partial charge in [0.2, 0.25) is 5.91 Å². The molecule has 6 heteroatoms. The van der Waals surface area contributed by atoms with Gasteiger partial charge < -0.3 is 10.1 Å². The van der Waals surface area contributed by atoms with Crippen LogP contribution in [0.3, 0.4) is 0 Å². The second-order valence-corrected chi connectivity index (χ2v) is 5.94. The molecule has 1 N–H and O–H groups in total. The average Bonchev–Trinajstić information content (AvgIpc) is 2.67. The quantitative estimate of drug-likeness (QED) is 0.795. The minimum absolute atomic E-state index is 0.141. The van der Waals surface area contributed by atoms with Crippen molar-refractivity contribution in [1.82, 2.24) is 5.32 Å². The Morgan fingerprint density at radius 1 is 1.27 bits per heavy atom. The van der Waals surface area contributed by atoms with Crippen LogP contribution in [-0.4, -0.2) is 31.5 Å². The van der Waals surface area contributed by atoms with E-state index in [-0.39, 0.29) is 18.4 Å². The summed E-state index contributed by atoms with van der Waals surface area (Å²) in [5, 5.41) is 3.09. The number of ether oxygens (including phenoxy) is 1. The number of hydrogen-bond acceptors (Lipinski definition) is 3. The average molecular weight is 371 g/mol. The summed E-state index contributed by atoms with van der Waals surface area (Å²) in [6.07, 6.45) is 4.62. The number of rotatable bonds is 6. The molecule has 2 rings (SSSR count). The van der Waals surface area contributed by atoms with Gasteiger partial charge in [0, 0.05) is 23.3 Å². The van der Waals surface area contributed by atoms with Crippen LogP contribution in [0.2, 0.25) is 5.02 Å². The van der Waals surface area contributed by atoms with Crippen LogP contribution in [0.25, 0.3) is 0 Å². The van der Waals surface area contributed by atoms with Gasteiger partial charge in [-0.2, -0.15) is 0 Å². The van der Waals surface area contributed by atoms with Gasteiger partial charge >= 0.3 is 0 Å². The van der Waals surface area contributed by atoms with Crippen molar-refractivity contribution in [3.63, 3.8) is 0 Å². The first-order chi connectivity index (χ1) is 12.4. The summed E-state index contributed by atoms with van der Waals surface area (Å²) in [4.78, 5) is 26.1. The van der Waals surface area contributed by atoms with Gasteiger partial charge in [-0.3, -0.25) is 14.5 Å². The number of benzene rings is 2. The van der Waals surface area contributed by atoms with Crippen molar-refractivity contribution in [2.75, 3.05) is 18.5 Å². The molecule has 2 aromatic rings. The number of likely N-dealkylation sites (N-methyl/N-ethyl adjacent to an activating group) is 1. The Morgan fingerprint density at radius 3 is 2.58 bits per heavy atom. The molecule has 0 heterocycles. The Labute approximate surface area is 157 Å². The van der Waals surface area contributed by atoms with E-state index in [1.54, 1.807) is 55.5 Å². The second kappa shape index (κ2) is 8.93. The molecular weight excluding hydrogens is 352 g/mol. The molecule has 0 spiro atoms. The first-order valence-electron chi connectivity index (χ1n) is 7.95. The summed E-state index contributed by atoms with van der Waals surface area (Å²) in [5.74, 6) is 2.36. The molecule has 0 bridgehead atoms. The molecule has 0 radical (unpaired) electrons. The highest BCUT2D eigenvalue weighted by molar-refractivity contribution is 6.30. The third-order valence-corrected chi connectivity index (χ3v) is 3.90. The molecule has 1 unspecified atom stereocenters. The first-order valence-corrected chi connectivity index (χ1v) is 8.33. The lowest BCUT2D eigenvalue weighted by atomic mass is 10.1. The normalized spacial score (nSPS) is 11.2. The smallest absolute Gasteiger partial charge is 0.268 e. The summed E-state index contributed by atoms with van der Waals surface area (Å²) >= 11 is 5.85. The van der Waals surface area contributed by atoms with Crippen LogP contribution in [0.15, 0.2) is 48.5 Å². The van der Waals surface area contributed by atoms with Crippen LogP contribution >= 0.6 is 11.6 Å². The van der Waals surface area contributed by atoms with Crippen LogP contribution < -0.4 is 15.0 Å². The Morgan fingerprint density at radius 2 is 1.96 bits per heavy atom. The van der Waals surface area contributed by atoms with E-state index >= 15 is 0 Å². The van der Waals surface area contributed by atoms with E-state index in [0.29, 0.717) is 22.0 Å². The van der Waals surface area contributed by atoms with Gasteiger partial charge in [0.05, 0.1) is 0 Å². The summed E-state index contributed by atoms with van der Waals surface area (Å²) in [7, 11) is 1.51. The van der Waals surface area contributed by atoms with Crippen LogP contribution in [0.1, 0.15) is 12.5 Å². The molecule has 0 aliphatic carbocycles. The van der Waals surface area contributed by atoms with Gasteiger partial charge in [-0.1, -0.05) is 23.6 Å². The summed E-state index contributed by atoms with van der Waals surface area (Å²) in [6.45, 7) is 1.48. The molecule has 0 saturated heterocycles. The lowest BCUT2D eigenvalue weighted by Gasteiger charge is -2.26. The van der Waals surface area contributed by atoms with Gasteiger partial charge in [0.15, 0.2) is 6.10 Å². The lowest BCUT2D eigenvalue weighted by Crippen LogP contribution is -2.45. The van der Waals surface area contributed by atoms with Gasteiger partial charge in [0.25, 0.3) is 5.91 Å². The molecule has 5 nitrogen and oxygen atoms in total. The Kier molecular flexibility index (Phi) is 6.65. The second-order valence-electron chi connectivity index (χ2n) is 5.51. The maximum atomic E-state index is 12.9. The highest BCUT2D eigenvalue weighted by Crippen LogP contribution is 2.20. The number of halogens is 1. The number of hydrogen-bond donors (Lipinski definition) is 1. The summed E-state index contributed by atoms with van der Waals surface area (Å²) in [6, 6.07) is 13.6. The zero-order chi connectivity index (χ0) is 19.1. The molecule has 0 fully saturated rings. The number of amides is 2. The Balaban J connectivity index is 2.25. The van der Waals surface area contributed by atoms with Crippen molar-refractivity contribution in [3.8, 4) is 18.1 Å². The van der Waals surface area contributed by atoms with E-state index in [0.717, 1.165) is 0 Å². The fraction of sp³-hybridized carbons (Fsp3) is 0.200. The minimum atomic E-state index is -0.810. The summed E-state index contributed by atoms with van der Waals surface area (Å²) in [5.41, 5.74) is 1.14. The zero-order valence-electron chi connectivity index (χ0n) is 14.5. The molecule has 2 aromatic carbocycles. The molecule has 0 saturated carbocycles. The number of carbonyl (C=O) groups is 2. The number of carbonyl (C=O) groups excluding carboxylic acids is 2. The third-order valence-electron chi connectivity index (χ3n) is 3.65. The topological polar surface area (TPSA) is 58.6 Å². The minimum Gasteiger partial charge on any atom is -0.481 e. The van der Waals surface area contributed by atoms with E-state index in [9.17, 15) is 9.59 Å². The van der Waals surface area contributed by atoms with Crippen LogP contribution in [-0.2, 0) is 9.59 Å². The maximum absolute atomic E-state index is 12.9. The van der Waals surface area contributed by atoms with Crippen molar-refractivity contribution >= 4 is 29.1 Å². The molecule has 0 aromatic heterocycles. The fourth-order valence-electron chi connectivity index (χ4n) is 2.27. The Hall–Kier alpha value is -2.97. The first kappa shape index (κ1) is 19.4. The van der Waals surface area contributed by atoms with Crippen molar-refractivity contribution in [3.05, 3.63) is 59.1 Å². The monoisotopic (exact) mass is 370 g/mol. The van der Waals surface area contributed by atoms with Gasteiger partial charge in [-0.05, 0) is 49.4 Å². The van der Waals surface area contributed by atoms with E-state index in [4.69, 9.17) is 22.8 Å². The van der Waals surface area contributed by atoms with Crippen LogP contribution in [0, 0.1) is 12.3 Å². The van der Waals surface area contributed by atoms with Crippen LogP contribution in [0.5, 0.6) is 5.75 Å². The van der Waals surface area contributed by atoms with E-state index in [2.05, 4.69) is 11.2 Å². The molecular formula is C20H19ClN2O3. The maximum Gasteiger partial charge on any atom is 0.268 e. The molecule has 134 valence electrons. The highest BCUT2D eigenvalue weighted by atomic mass is 35.5. The van der Waals surface area contributed by atoms with Crippen molar-refractivity contribution < 1.29 is 14.3 Å². The van der Waals surface area contributed by atoms with Gasteiger partial charge in [-0.25, -0.2) is 0 Å². The third kappa shape index (κ3) is 5.01. The molecule has 0 aliphatic rings. The van der Waals surface area contributed by atoms with Gasteiger partial charge in [0.1, 0.15) is 12.3 Å². The van der Waals surface area contributed by atoms with E-state index in [1.165, 1.54) is 11.9 Å². The highest BCUT2D eigenvalue weighted by Gasteiger charge is 2.25. The molecule has 2 amide bonds. The van der Waals surface area contributed by atoms with Crippen molar-refractivity contribution in [2.24, 2.45) is 0 Å². The van der Waals surface area contributed by atoms with E-state index < -0.39 is 6.10 Å². The molecule has 0 aliphatic heterocycles. The zero-order valence-corrected chi connectivity index (χ0v) is 15.3. The predicted molar refractivity (Wildman–Crippen MR) is 102 cm³/mol. The lowest BCUT2D eigenvalue weighted by molar-refractivity contribution is -0.127. The summed E-state index contributed by atoms with van der Waals surface area (Å²) < 4.78 is 5.68. The standard InChI is InChI=1S/C20H19ClN2O3/c1-4-15-6-5-7-17(12-15)23(13-19(24)22-3)20(25)14(2)26-18-10-8-16(21)9-11-18/h1,5-12,14H,13H2,2-3H3,(H,22,24). The number of terminal acetylenes is 1. The fourth-order valence-corrected chi connectivity index (χ4v) is 2.40. The predicted octanol–water partition coefficient (Wildman–Crippen LogP) is 2.87. The number of anilines is 1. The van der Waals surface area contributed by atoms with Crippen LogP contribution in [0.4, 0.5) is 5.69 Å². The SMILES string of the molecule is C#Cc1cccc(N(CC(=O)NC)C(=O)C(C)Oc2ccc(Cl)cc2)c1. The largest absolute Gasteiger partial charge is 0.481 e. The van der Waals surface area contributed by atoms with E-state index in [1.807, 2.05) is 0 Å². The number of nitrogens with one attached hydrogen (secondary N) is 1. The number of nitrogens with zero attached hydrogens (tertiary/aromatic N) is 1. The van der Waals surface area contributed by atoms with Crippen molar-refractivity contribution in [2.45, 2.75) is 13.0 Å². The molecule has 26 heavy (non-hydrogen) atoms.